The molecule has 2 N–H and O–H groups in total. The molecule has 0 aliphatic rings. The van der Waals surface area contributed by atoms with Gasteiger partial charge < -0.3 is 10.5 Å². The summed E-state index contributed by atoms with van der Waals surface area (Å²) in [4.78, 5) is 10.1. The molecule has 0 aromatic heterocycles. The van der Waals surface area contributed by atoms with E-state index in [9.17, 15) is 4.79 Å². The molecule has 3 heteroatoms. The summed E-state index contributed by atoms with van der Waals surface area (Å²) in [5.41, 5.74) is 4.77. The Hall–Kier alpha value is -0.730. The summed E-state index contributed by atoms with van der Waals surface area (Å²) in [5.74, 6) is 0.331. The van der Waals surface area contributed by atoms with Crippen molar-refractivity contribution >= 4 is 6.09 Å². The lowest BCUT2D eigenvalue weighted by Gasteiger charge is -2.13. The molecule has 0 aromatic rings. The van der Waals surface area contributed by atoms with Crippen LogP contribution in [0.15, 0.2) is 0 Å². The Balaban J connectivity index is 3.50. The first-order valence-electron chi connectivity index (χ1n) is 3.00. The lowest BCUT2D eigenvalue weighted by atomic mass is 10.1. The second-order valence-corrected chi connectivity index (χ2v) is 2.39. The van der Waals surface area contributed by atoms with Crippen LogP contribution < -0.4 is 5.73 Å². The predicted octanol–water partition coefficient (Wildman–Crippen LogP) is 1.13. The fraction of sp³-hybridized carbons (Fsp3) is 0.833. The van der Waals surface area contributed by atoms with Crippen molar-refractivity contribution in [1.29, 1.82) is 0 Å². The van der Waals surface area contributed by atoms with Crippen LogP contribution in [0.4, 0.5) is 4.79 Å². The van der Waals surface area contributed by atoms with E-state index in [4.69, 9.17) is 5.73 Å². The molecule has 0 bridgehead atoms. The normalized spacial score (nSPS) is 13.3. The van der Waals surface area contributed by atoms with E-state index in [1.54, 1.807) is 0 Å². The zero-order valence-electron chi connectivity index (χ0n) is 6.05. The molecule has 0 radical (unpaired) electrons. The van der Waals surface area contributed by atoms with Crippen LogP contribution in [0, 0.1) is 5.92 Å². The molecule has 0 aromatic carbocycles. The van der Waals surface area contributed by atoms with Crippen LogP contribution in [-0.2, 0) is 4.74 Å². The quantitative estimate of drug-likeness (QED) is 0.610. The number of carbonyl (C=O) groups is 1. The smallest absolute Gasteiger partial charge is 0.404 e. The molecule has 0 rings (SSSR count). The van der Waals surface area contributed by atoms with Crippen molar-refractivity contribution in [1.82, 2.24) is 0 Å². The summed E-state index contributed by atoms with van der Waals surface area (Å²) in [6, 6.07) is 0. The van der Waals surface area contributed by atoms with Crippen molar-refractivity contribution in [2.75, 3.05) is 0 Å². The molecule has 1 atom stereocenters. The minimum Gasteiger partial charge on any atom is -0.446 e. The second-order valence-electron chi connectivity index (χ2n) is 2.39. The van der Waals surface area contributed by atoms with E-state index < -0.39 is 6.09 Å². The van der Waals surface area contributed by atoms with Gasteiger partial charge in [0.1, 0.15) is 6.10 Å². The first kappa shape index (κ1) is 8.27. The van der Waals surface area contributed by atoms with Gasteiger partial charge in [-0.2, -0.15) is 0 Å². The summed E-state index contributed by atoms with van der Waals surface area (Å²) < 4.78 is 4.65. The van der Waals surface area contributed by atoms with E-state index in [2.05, 4.69) is 4.74 Å². The van der Waals surface area contributed by atoms with Gasteiger partial charge in [0.15, 0.2) is 0 Å². The summed E-state index contributed by atoms with van der Waals surface area (Å²) in [5, 5.41) is 0. The van der Waals surface area contributed by atoms with Gasteiger partial charge >= 0.3 is 6.09 Å². The minimum absolute atomic E-state index is 0.0810. The van der Waals surface area contributed by atoms with E-state index in [0.29, 0.717) is 5.92 Å². The lowest BCUT2D eigenvalue weighted by molar-refractivity contribution is 0.0902. The predicted molar refractivity (Wildman–Crippen MR) is 35.0 cm³/mol. The molecular weight excluding hydrogens is 118 g/mol. The maximum absolute atomic E-state index is 10.1. The van der Waals surface area contributed by atoms with Crippen molar-refractivity contribution in [2.24, 2.45) is 11.7 Å². The van der Waals surface area contributed by atoms with Crippen LogP contribution in [0.1, 0.15) is 20.8 Å². The first-order chi connectivity index (χ1) is 4.04. The number of nitrogens with two attached hydrogens (primary N) is 1. The van der Waals surface area contributed by atoms with Crippen LogP contribution in [0.3, 0.4) is 0 Å². The highest BCUT2D eigenvalue weighted by Crippen LogP contribution is 2.03. The van der Waals surface area contributed by atoms with E-state index in [1.165, 1.54) is 0 Å². The third kappa shape index (κ3) is 3.82. The largest absolute Gasteiger partial charge is 0.446 e. The molecule has 1 unspecified atom stereocenters. The standard InChI is InChI=1S/C6H13NO2/c1-4(2)5(3)9-6(7)8/h4-5H,1-3H3,(H2,7,8). The molecule has 0 aliphatic carbocycles. The van der Waals surface area contributed by atoms with Gasteiger partial charge in [0.2, 0.25) is 0 Å². The third-order valence-electron chi connectivity index (χ3n) is 1.24. The average Bonchev–Trinajstić information content (AvgIpc) is 1.63. The fourth-order valence-electron chi connectivity index (χ4n) is 0.319. The van der Waals surface area contributed by atoms with Gasteiger partial charge in [-0.1, -0.05) is 13.8 Å². The molecule has 3 nitrogen and oxygen atoms in total. The molecular formula is C6H13NO2. The highest BCUT2D eigenvalue weighted by Gasteiger charge is 2.08. The third-order valence-corrected chi connectivity index (χ3v) is 1.24. The number of ether oxygens (including phenoxy) is 1. The van der Waals surface area contributed by atoms with Crippen molar-refractivity contribution in [3.05, 3.63) is 0 Å². The van der Waals surface area contributed by atoms with E-state index in [0.717, 1.165) is 0 Å². The number of rotatable bonds is 2. The summed E-state index contributed by atoms with van der Waals surface area (Å²) in [7, 11) is 0. The number of primary amides is 1. The van der Waals surface area contributed by atoms with E-state index >= 15 is 0 Å². The first-order valence-corrected chi connectivity index (χ1v) is 3.00. The molecule has 9 heavy (non-hydrogen) atoms. The van der Waals surface area contributed by atoms with Gasteiger partial charge in [0.25, 0.3) is 0 Å². The van der Waals surface area contributed by atoms with Gasteiger partial charge in [0, 0.05) is 0 Å². The van der Waals surface area contributed by atoms with Crippen LogP contribution in [0.2, 0.25) is 0 Å². The summed E-state index contributed by atoms with van der Waals surface area (Å²) >= 11 is 0. The molecule has 0 saturated carbocycles. The zero-order chi connectivity index (χ0) is 7.44. The van der Waals surface area contributed by atoms with E-state index in [1.807, 2.05) is 20.8 Å². The monoisotopic (exact) mass is 131 g/mol. The van der Waals surface area contributed by atoms with Crippen LogP contribution in [0.25, 0.3) is 0 Å². The minimum atomic E-state index is -0.698. The fourth-order valence-corrected chi connectivity index (χ4v) is 0.319. The van der Waals surface area contributed by atoms with Gasteiger partial charge in [-0.25, -0.2) is 4.79 Å². The molecule has 0 fully saturated rings. The van der Waals surface area contributed by atoms with E-state index in [-0.39, 0.29) is 6.10 Å². The van der Waals surface area contributed by atoms with Gasteiger partial charge in [-0.15, -0.1) is 0 Å². The zero-order valence-corrected chi connectivity index (χ0v) is 6.05. The van der Waals surface area contributed by atoms with Crippen LogP contribution >= 0.6 is 0 Å². The Bertz CT molecular complexity index is 101. The summed E-state index contributed by atoms with van der Waals surface area (Å²) in [6.07, 6.45) is -0.779. The van der Waals surface area contributed by atoms with Gasteiger partial charge in [-0.05, 0) is 12.8 Å². The molecule has 0 heterocycles. The number of amides is 1. The van der Waals surface area contributed by atoms with Crippen LogP contribution in [-0.4, -0.2) is 12.2 Å². The number of carbonyl (C=O) groups excluding carboxylic acids is 1. The average molecular weight is 131 g/mol. The Morgan fingerprint density at radius 2 is 1.89 bits per heavy atom. The summed E-state index contributed by atoms with van der Waals surface area (Å²) in [6.45, 7) is 5.75. The maximum Gasteiger partial charge on any atom is 0.404 e. The highest BCUT2D eigenvalue weighted by molar-refractivity contribution is 5.64. The maximum atomic E-state index is 10.1. The van der Waals surface area contributed by atoms with Crippen molar-refractivity contribution in [3.63, 3.8) is 0 Å². The Labute approximate surface area is 55.2 Å². The van der Waals surface area contributed by atoms with Crippen molar-refractivity contribution < 1.29 is 9.53 Å². The van der Waals surface area contributed by atoms with Crippen LogP contribution in [0.5, 0.6) is 0 Å². The Morgan fingerprint density at radius 3 is 2.00 bits per heavy atom. The Kier molecular flexibility index (Phi) is 3.06. The molecule has 1 amide bonds. The van der Waals surface area contributed by atoms with Gasteiger partial charge in [-0.3, -0.25) is 0 Å². The van der Waals surface area contributed by atoms with Crippen molar-refractivity contribution in [2.45, 2.75) is 26.9 Å². The van der Waals surface area contributed by atoms with Crippen molar-refractivity contribution in [3.8, 4) is 0 Å². The SMILES string of the molecule is CC(C)C(C)OC(N)=O. The number of hydrogen-bond donors (Lipinski definition) is 1. The molecule has 54 valence electrons. The molecule has 0 saturated heterocycles. The highest BCUT2D eigenvalue weighted by atomic mass is 16.6. The van der Waals surface area contributed by atoms with Gasteiger partial charge in [0.05, 0.1) is 0 Å². The Morgan fingerprint density at radius 1 is 1.44 bits per heavy atom. The second kappa shape index (κ2) is 3.33. The molecule has 0 spiro atoms. The topological polar surface area (TPSA) is 52.3 Å². The lowest BCUT2D eigenvalue weighted by Crippen LogP contribution is -2.24. The molecule has 0 aliphatic heterocycles. The number of hydrogen-bond acceptors (Lipinski definition) is 2.